The van der Waals surface area contributed by atoms with Gasteiger partial charge in [0.05, 0.1) is 13.2 Å². The second kappa shape index (κ2) is 12.3. The fraction of sp³-hybridized carbons (Fsp3) is 0.222. The predicted octanol–water partition coefficient (Wildman–Crippen LogP) is 3.90. The molecule has 1 amide bonds. The maximum Gasteiger partial charge on any atom is 0.303 e. The number of benzene rings is 3. The van der Waals surface area contributed by atoms with E-state index in [-0.39, 0.29) is 19.0 Å². The minimum Gasteiger partial charge on any atom is -0.457 e. The molecule has 35 heavy (non-hydrogen) atoms. The van der Waals surface area contributed by atoms with Crippen molar-refractivity contribution in [2.45, 2.75) is 32.6 Å². The van der Waals surface area contributed by atoms with E-state index in [1.54, 1.807) is 48.5 Å². The van der Waals surface area contributed by atoms with Gasteiger partial charge < -0.3 is 25.3 Å². The number of nitrogen functional groups attached to an aromatic ring is 1. The standard InChI is InChI=1S/C27H28N2O6/c1-18(34-19(2)30)27(32)29-25(17-33-16-20-6-4-3-5-7-20)26(31)21-8-12-23(13-9-21)35-24-14-10-22(28)11-15-24/h3-15,18,25H,16-17,28H2,1-2H3,(H,29,32)/t18-,25?/m0/s1. The first-order valence-corrected chi connectivity index (χ1v) is 11.1. The molecule has 0 spiro atoms. The topological polar surface area (TPSA) is 117 Å². The van der Waals surface area contributed by atoms with Crippen LogP contribution in [0, 0.1) is 0 Å². The number of anilines is 1. The van der Waals surface area contributed by atoms with Crippen molar-refractivity contribution in [1.29, 1.82) is 0 Å². The molecule has 8 heteroatoms. The van der Waals surface area contributed by atoms with E-state index in [0.29, 0.717) is 22.7 Å². The van der Waals surface area contributed by atoms with Crippen LogP contribution in [0.3, 0.4) is 0 Å². The first-order valence-electron chi connectivity index (χ1n) is 11.1. The highest BCUT2D eigenvalue weighted by atomic mass is 16.5. The van der Waals surface area contributed by atoms with Crippen LogP contribution in [0.1, 0.15) is 29.8 Å². The number of ether oxygens (including phenoxy) is 3. The molecule has 182 valence electrons. The number of esters is 1. The highest BCUT2D eigenvalue weighted by Crippen LogP contribution is 2.23. The highest BCUT2D eigenvalue weighted by molar-refractivity contribution is 6.02. The molecule has 0 aliphatic carbocycles. The van der Waals surface area contributed by atoms with Gasteiger partial charge in [-0.2, -0.15) is 0 Å². The fourth-order valence-corrected chi connectivity index (χ4v) is 3.20. The average molecular weight is 477 g/mol. The van der Waals surface area contributed by atoms with Gasteiger partial charge in [0.25, 0.3) is 5.91 Å². The normalized spacial score (nSPS) is 12.3. The molecule has 0 aliphatic rings. The smallest absolute Gasteiger partial charge is 0.303 e. The Morgan fingerprint density at radius 3 is 2.09 bits per heavy atom. The summed E-state index contributed by atoms with van der Waals surface area (Å²) in [6, 6.07) is 22.0. The van der Waals surface area contributed by atoms with Crippen LogP contribution in [0.15, 0.2) is 78.9 Å². The number of Topliss-reactive ketones (excluding diaryl/α,β-unsaturated/α-hetero) is 1. The SMILES string of the molecule is CC(=O)O[C@@H](C)C(=O)NC(COCc1ccccc1)C(=O)c1ccc(Oc2ccc(N)cc2)cc1. The van der Waals surface area contributed by atoms with Gasteiger partial charge in [-0.05, 0) is 61.0 Å². The van der Waals surface area contributed by atoms with Gasteiger partial charge in [-0.15, -0.1) is 0 Å². The summed E-state index contributed by atoms with van der Waals surface area (Å²) >= 11 is 0. The zero-order valence-electron chi connectivity index (χ0n) is 19.6. The number of carbonyl (C=O) groups is 3. The molecule has 0 aromatic heterocycles. The lowest BCUT2D eigenvalue weighted by Gasteiger charge is -2.20. The summed E-state index contributed by atoms with van der Waals surface area (Å²) in [7, 11) is 0. The van der Waals surface area contributed by atoms with Gasteiger partial charge in [0.1, 0.15) is 17.5 Å². The zero-order valence-corrected chi connectivity index (χ0v) is 19.6. The Balaban J connectivity index is 1.69. The molecule has 0 radical (unpaired) electrons. The number of hydrogen-bond acceptors (Lipinski definition) is 7. The first kappa shape index (κ1) is 25.5. The quantitative estimate of drug-likeness (QED) is 0.245. The van der Waals surface area contributed by atoms with E-state index in [2.05, 4.69) is 5.32 Å². The third kappa shape index (κ3) is 7.97. The molecule has 0 bridgehead atoms. The molecule has 8 nitrogen and oxygen atoms in total. The Labute approximate surface area is 204 Å². The molecule has 0 fully saturated rings. The van der Waals surface area contributed by atoms with E-state index >= 15 is 0 Å². The summed E-state index contributed by atoms with van der Waals surface area (Å²) in [4.78, 5) is 36.9. The molecule has 3 N–H and O–H groups in total. The third-order valence-electron chi connectivity index (χ3n) is 5.00. The average Bonchev–Trinajstić information content (AvgIpc) is 2.85. The van der Waals surface area contributed by atoms with Crippen molar-refractivity contribution in [2.75, 3.05) is 12.3 Å². The zero-order chi connectivity index (χ0) is 25.2. The Bertz CT molecular complexity index is 1130. The van der Waals surface area contributed by atoms with Gasteiger partial charge in [0, 0.05) is 18.2 Å². The van der Waals surface area contributed by atoms with E-state index < -0.39 is 24.0 Å². The van der Waals surface area contributed by atoms with Crippen LogP contribution in [0.2, 0.25) is 0 Å². The number of ketones is 1. The predicted molar refractivity (Wildman–Crippen MR) is 131 cm³/mol. The van der Waals surface area contributed by atoms with Crippen molar-refractivity contribution in [2.24, 2.45) is 0 Å². The monoisotopic (exact) mass is 476 g/mol. The van der Waals surface area contributed by atoms with Crippen LogP contribution in [-0.2, 0) is 25.7 Å². The number of carbonyl (C=O) groups excluding carboxylic acids is 3. The molecule has 0 saturated heterocycles. The summed E-state index contributed by atoms with van der Waals surface area (Å²) in [5.74, 6) is -0.383. The highest BCUT2D eigenvalue weighted by Gasteiger charge is 2.26. The van der Waals surface area contributed by atoms with Gasteiger partial charge in [0.15, 0.2) is 11.9 Å². The molecule has 3 aromatic carbocycles. The van der Waals surface area contributed by atoms with E-state index in [1.165, 1.54) is 13.8 Å². The van der Waals surface area contributed by atoms with Crippen molar-refractivity contribution in [3.63, 3.8) is 0 Å². The Hall–Kier alpha value is -4.17. The summed E-state index contributed by atoms with van der Waals surface area (Å²) in [5.41, 5.74) is 7.61. The van der Waals surface area contributed by atoms with Crippen LogP contribution in [0.4, 0.5) is 5.69 Å². The van der Waals surface area contributed by atoms with Crippen LogP contribution in [0.5, 0.6) is 11.5 Å². The summed E-state index contributed by atoms with van der Waals surface area (Å²) in [6.07, 6.45) is -1.05. The number of rotatable bonds is 11. The van der Waals surface area contributed by atoms with Gasteiger partial charge in [-0.3, -0.25) is 14.4 Å². The fourth-order valence-electron chi connectivity index (χ4n) is 3.20. The number of amides is 1. The molecule has 0 saturated carbocycles. The summed E-state index contributed by atoms with van der Waals surface area (Å²) < 4.78 is 16.4. The van der Waals surface area contributed by atoms with Gasteiger partial charge in [-0.1, -0.05) is 30.3 Å². The first-order chi connectivity index (χ1) is 16.8. The second-order valence-electron chi connectivity index (χ2n) is 7.87. The maximum atomic E-state index is 13.2. The van der Waals surface area contributed by atoms with E-state index in [0.717, 1.165) is 5.56 Å². The van der Waals surface area contributed by atoms with E-state index in [1.807, 2.05) is 30.3 Å². The lowest BCUT2D eigenvalue weighted by Crippen LogP contribution is -2.48. The third-order valence-corrected chi connectivity index (χ3v) is 5.00. The maximum absolute atomic E-state index is 13.2. The van der Waals surface area contributed by atoms with E-state index in [9.17, 15) is 14.4 Å². The molecule has 3 aromatic rings. The van der Waals surface area contributed by atoms with Crippen LogP contribution in [-0.4, -0.2) is 36.4 Å². The Kier molecular flexibility index (Phi) is 8.97. The molecule has 1 unspecified atom stereocenters. The van der Waals surface area contributed by atoms with Crippen molar-refractivity contribution in [1.82, 2.24) is 5.32 Å². The second-order valence-corrected chi connectivity index (χ2v) is 7.87. The van der Waals surface area contributed by atoms with Crippen molar-refractivity contribution in [3.8, 4) is 11.5 Å². The van der Waals surface area contributed by atoms with Crippen LogP contribution < -0.4 is 15.8 Å². The van der Waals surface area contributed by atoms with Crippen molar-refractivity contribution in [3.05, 3.63) is 90.0 Å². The number of nitrogens with two attached hydrogens (primary N) is 1. The number of hydrogen-bond donors (Lipinski definition) is 2. The van der Waals surface area contributed by atoms with Crippen LogP contribution in [0.25, 0.3) is 0 Å². The molecule has 3 rings (SSSR count). The summed E-state index contributed by atoms with van der Waals surface area (Å²) in [5, 5.41) is 2.63. The van der Waals surface area contributed by atoms with Gasteiger partial charge in [-0.25, -0.2) is 0 Å². The van der Waals surface area contributed by atoms with E-state index in [4.69, 9.17) is 19.9 Å². The molecular formula is C27H28N2O6. The van der Waals surface area contributed by atoms with Gasteiger partial charge in [0.2, 0.25) is 0 Å². The molecule has 2 atom stereocenters. The van der Waals surface area contributed by atoms with Gasteiger partial charge >= 0.3 is 5.97 Å². The summed E-state index contributed by atoms with van der Waals surface area (Å²) in [6.45, 7) is 2.86. The molecule has 0 aliphatic heterocycles. The largest absolute Gasteiger partial charge is 0.457 e. The van der Waals surface area contributed by atoms with Crippen molar-refractivity contribution >= 4 is 23.3 Å². The Morgan fingerprint density at radius 1 is 0.886 bits per heavy atom. The lowest BCUT2D eigenvalue weighted by atomic mass is 10.0. The Morgan fingerprint density at radius 2 is 1.49 bits per heavy atom. The molecule has 0 heterocycles. The minimum absolute atomic E-state index is 0.0596. The minimum atomic E-state index is -1.05. The number of nitrogens with one attached hydrogen (secondary N) is 1. The molecular weight excluding hydrogens is 448 g/mol. The van der Waals surface area contributed by atoms with Crippen molar-refractivity contribution < 1.29 is 28.6 Å². The lowest BCUT2D eigenvalue weighted by molar-refractivity contribution is -0.152. The van der Waals surface area contributed by atoms with Crippen LogP contribution >= 0.6 is 0 Å².